The Labute approximate surface area is 89.9 Å². The fourth-order valence-electron chi connectivity index (χ4n) is 2.07. The lowest BCUT2D eigenvalue weighted by Gasteiger charge is -2.11. The van der Waals surface area contributed by atoms with Gasteiger partial charge in [-0.2, -0.15) is 0 Å². The van der Waals surface area contributed by atoms with Crippen molar-refractivity contribution in [2.75, 3.05) is 6.54 Å². The molecule has 1 aromatic carbocycles. The van der Waals surface area contributed by atoms with Crippen LogP contribution < -0.4 is 10.6 Å². The van der Waals surface area contributed by atoms with Gasteiger partial charge < -0.3 is 10.6 Å². The second kappa shape index (κ2) is 4.45. The van der Waals surface area contributed by atoms with Crippen LogP contribution >= 0.6 is 0 Å². The summed E-state index contributed by atoms with van der Waals surface area (Å²) in [5.41, 5.74) is 1.30. The number of carbonyl (C=O) groups is 1. The van der Waals surface area contributed by atoms with Gasteiger partial charge in [-0.15, -0.1) is 0 Å². The molecular weight excluding hydrogens is 188 g/mol. The molecule has 3 heteroatoms. The molecular formula is C12H16N2O. The largest absolute Gasteiger partial charge is 0.352 e. The second-order valence-electron chi connectivity index (χ2n) is 4.00. The molecule has 3 nitrogen and oxygen atoms in total. The zero-order valence-corrected chi connectivity index (χ0v) is 8.86. The van der Waals surface area contributed by atoms with E-state index in [0.717, 1.165) is 13.0 Å². The quantitative estimate of drug-likeness (QED) is 0.760. The molecule has 1 fully saturated rings. The SMILES string of the molecule is CC(=O)N[C@@H]1CN[C@H](c2ccccc2)C1. The van der Waals surface area contributed by atoms with E-state index in [1.165, 1.54) is 5.56 Å². The minimum Gasteiger partial charge on any atom is -0.352 e. The van der Waals surface area contributed by atoms with Crippen molar-refractivity contribution >= 4 is 5.91 Å². The molecule has 1 saturated heterocycles. The zero-order valence-electron chi connectivity index (χ0n) is 8.86. The minimum atomic E-state index is 0.0514. The van der Waals surface area contributed by atoms with Gasteiger partial charge in [0, 0.05) is 25.6 Å². The van der Waals surface area contributed by atoms with Crippen LogP contribution in [-0.2, 0) is 4.79 Å². The molecule has 0 saturated carbocycles. The first-order valence-electron chi connectivity index (χ1n) is 5.31. The first-order valence-corrected chi connectivity index (χ1v) is 5.31. The van der Waals surface area contributed by atoms with Crippen molar-refractivity contribution < 1.29 is 4.79 Å². The Bertz CT molecular complexity index is 337. The summed E-state index contributed by atoms with van der Waals surface area (Å²) in [4.78, 5) is 10.9. The highest BCUT2D eigenvalue weighted by atomic mass is 16.1. The Hall–Kier alpha value is -1.35. The number of hydrogen-bond donors (Lipinski definition) is 2. The predicted molar refractivity (Wildman–Crippen MR) is 59.4 cm³/mol. The normalized spacial score (nSPS) is 25.1. The van der Waals surface area contributed by atoms with E-state index in [4.69, 9.17) is 0 Å². The van der Waals surface area contributed by atoms with Crippen molar-refractivity contribution in [2.45, 2.75) is 25.4 Å². The maximum Gasteiger partial charge on any atom is 0.217 e. The van der Waals surface area contributed by atoms with Crippen LogP contribution in [0.15, 0.2) is 30.3 Å². The molecule has 0 bridgehead atoms. The Morgan fingerprint density at radius 3 is 2.80 bits per heavy atom. The molecule has 2 N–H and O–H groups in total. The number of benzene rings is 1. The maximum atomic E-state index is 10.9. The number of carbonyl (C=O) groups excluding carboxylic acids is 1. The number of amides is 1. The fourth-order valence-corrected chi connectivity index (χ4v) is 2.07. The summed E-state index contributed by atoms with van der Waals surface area (Å²) >= 11 is 0. The summed E-state index contributed by atoms with van der Waals surface area (Å²) < 4.78 is 0. The van der Waals surface area contributed by atoms with Crippen LogP contribution in [0.5, 0.6) is 0 Å². The van der Waals surface area contributed by atoms with Gasteiger partial charge in [0.05, 0.1) is 0 Å². The van der Waals surface area contributed by atoms with Gasteiger partial charge in [-0.25, -0.2) is 0 Å². The van der Waals surface area contributed by atoms with Gasteiger partial charge >= 0.3 is 0 Å². The van der Waals surface area contributed by atoms with Crippen LogP contribution in [0.4, 0.5) is 0 Å². The molecule has 0 aliphatic carbocycles. The summed E-state index contributed by atoms with van der Waals surface area (Å²) in [6, 6.07) is 11.0. The predicted octanol–water partition coefficient (Wildman–Crippen LogP) is 1.23. The maximum absolute atomic E-state index is 10.9. The highest BCUT2D eigenvalue weighted by Crippen LogP contribution is 2.22. The van der Waals surface area contributed by atoms with Crippen molar-refractivity contribution in [3.05, 3.63) is 35.9 Å². The van der Waals surface area contributed by atoms with Crippen molar-refractivity contribution in [3.63, 3.8) is 0 Å². The van der Waals surface area contributed by atoms with E-state index in [0.29, 0.717) is 6.04 Å². The van der Waals surface area contributed by atoms with E-state index in [9.17, 15) is 4.79 Å². The molecule has 1 aliphatic heterocycles. The molecule has 1 amide bonds. The Balaban J connectivity index is 1.96. The molecule has 15 heavy (non-hydrogen) atoms. The van der Waals surface area contributed by atoms with Crippen LogP contribution in [-0.4, -0.2) is 18.5 Å². The topological polar surface area (TPSA) is 41.1 Å². The first-order chi connectivity index (χ1) is 7.25. The van der Waals surface area contributed by atoms with Gasteiger partial charge in [0.15, 0.2) is 0 Å². The summed E-state index contributed by atoms with van der Waals surface area (Å²) in [5.74, 6) is 0.0514. The highest BCUT2D eigenvalue weighted by Gasteiger charge is 2.25. The summed E-state index contributed by atoms with van der Waals surface area (Å²) in [6.45, 7) is 2.43. The van der Waals surface area contributed by atoms with Crippen molar-refractivity contribution in [2.24, 2.45) is 0 Å². The average Bonchev–Trinajstić information content (AvgIpc) is 2.67. The molecule has 0 unspecified atom stereocenters. The third kappa shape index (κ3) is 2.57. The lowest BCUT2D eigenvalue weighted by Crippen LogP contribution is -2.34. The van der Waals surface area contributed by atoms with Gasteiger partial charge in [-0.1, -0.05) is 30.3 Å². The Kier molecular flexibility index (Phi) is 3.02. The first kappa shape index (κ1) is 10.2. The van der Waals surface area contributed by atoms with Crippen LogP contribution in [0, 0.1) is 0 Å². The molecule has 0 aromatic heterocycles. The average molecular weight is 204 g/mol. The Morgan fingerprint density at radius 2 is 2.13 bits per heavy atom. The zero-order chi connectivity index (χ0) is 10.7. The Morgan fingerprint density at radius 1 is 1.40 bits per heavy atom. The molecule has 1 aromatic rings. The lowest BCUT2D eigenvalue weighted by atomic mass is 10.0. The van der Waals surface area contributed by atoms with Gasteiger partial charge in [-0.3, -0.25) is 4.79 Å². The van der Waals surface area contributed by atoms with Crippen LogP contribution in [0.2, 0.25) is 0 Å². The minimum absolute atomic E-state index is 0.0514. The van der Waals surface area contributed by atoms with Crippen LogP contribution in [0.1, 0.15) is 24.9 Å². The smallest absolute Gasteiger partial charge is 0.217 e. The summed E-state index contributed by atoms with van der Waals surface area (Å²) in [7, 11) is 0. The van der Waals surface area contributed by atoms with Crippen molar-refractivity contribution in [3.8, 4) is 0 Å². The second-order valence-corrected chi connectivity index (χ2v) is 4.00. The molecule has 0 radical (unpaired) electrons. The van der Waals surface area contributed by atoms with Crippen LogP contribution in [0.3, 0.4) is 0 Å². The fraction of sp³-hybridized carbons (Fsp3) is 0.417. The number of rotatable bonds is 2. The van der Waals surface area contributed by atoms with E-state index in [1.807, 2.05) is 18.2 Å². The van der Waals surface area contributed by atoms with Crippen molar-refractivity contribution in [1.82, 2.24) is 10.6 Å². The van der Waals surface area contributed by atoms with Gasteiger partial charge in [0.2, 0.25) is 5.91 Å². The van der Waals surface area contributed by atoms with E-state index >= 15 is 0 Å². The van der Waals surface area contributed by atoms with Gasteiger partial charge in [0.1, 0.15) is 0 Å². The third-order valence-corrected chi connectivity index (χ3v) is 2.74. The molecule has 1 heterocycles. The van der Waals surface area contributed by atoms with E-state index < -0.39 is 0 Å². The summed E-state index contributed by atoms with van der Waals surface area (Å²) in [6.07, 6.45) is 0.976. The number of nitrogens with one attached hydrogen (secondary N) is 2. The molecule has 80 valence electrons. The summed E-state index contributed by atoms with van der Waals surface area (Å²) in [5, 5.41) is 6.35. The van der Waals surface area contributed by atoms with E-state index in [-0.39, 0.29) is 11.9 Å². The van der Waals surface area contributed by atoms with E-state index in [1.54, 1.807) is 6.92 Å². The highest BCUT2D eigenvalue weighted by molar-refractivity contribution is 5.73. The van der Waals surface area contributed by atoms with Gasteiger partial charge in [0.25, 0.3) is 0 Å². The van der Waals surface area contributed by atoms with E-state index in [2.05, 4.69) is 22.8 Å². The third-order valence-electron chi connectivity index (χ3n) is 2.74. The molecule has 2 atom stereocenters. The number of hydrogen-bond acceptors (Lipinski definition) is 2. The standard InChI is InChI=1S/C12H16N2O/c1-9(15)14-11-7-12(13-8-11)10-5-3-2-4-6-10/h2-6,11-13H,7-8H2,1H3,(H,14,15)/t11-,12-/m0/s1. The van der Waals surface area contributed by atoms with Gasteiger partial charge in [-0.05, 0) is 12.0 Å². The molecule has 2 rings (SSSR count). The molecule has 0 spiro atoms. The van der Waals surface area contributed by atoms with Crippen molar-refractivity contribution in [1.29, 1.82) is 0 Å². The monoisotopic (exact) mass is 204 g/mol. The molecule has 1 aliphatic rings. The lowest BCUT2D eigenvalue weighted by molar-refractivity contribution is -0.119. The van der Waals surface area contributed by atoms with Crippen LogP contribution in [0.25, 0.3) is 0 Å².